The van der Waals surface area contributed by atoms with Crippen LogP contribution >= 0.6 is 0 Å². The van der Waals surface area contributed by atoms with Gasteiger partial charge in [0, 0.05) is 12.6 Å². The molecule has 98 valence electrons. The maximum atomic E-state index is 12.2. The van der Waals surface area contributed by atoms with Crippen LogP contribution in [0.1, 0.15) is 25.3 Å². The minimum absolute atomic E-state index is 0.0353. The fourth-order valence-corrected chi connectivity index (χ4v) is 2.45. The number of likely N-dealkylation sites (tertiary alicyclic amines) is 1. The number of phenols is 1. The number of aromatic hydroxyl groups is 1. The molecule has 0 aromatic heterocycles. The molecule has 2 atom stereocenters. The fourth-order valence-electron chi connectivity index (χ4n) is 2.45. The maximum absolute atomic E-state index is 12.2. The van der Waals surface area contributed by atoms with Crippen LogP contribution in [0.15, 0.2) is 24.3 Å². The third-order valence-corrected chi connectivity index (χ3v) is 3.55. The largest absolute Gasteiger partial charge is 0.508 e. The summed E-state index contributed by atoms with van der Waals surface area (Å²) >= 11 is 0. The summed E-state index contributed by atoms with van der Waals surface area (Å²) in [6, 6.07) is 6.65. The summed E-state index contributed by atoms with van der Waals surface area (Å²) in [6.45, 7) is 2.89. The number of amides is 1. The Morgan fingerprint density at radius 1 is 1.50 bits per heavy atom. The molecule has 1 aliphatic rings. The first kappa shape index (κ1) is 12.9. The Morgan fingerprint density at radius 3 is 2.72 bits per heavy atom. The van der Waals surface area contributed by atoms with Crippen LogP contribution in [0.3, 0.4) is 0 Å². The molecule has 0 bridgehead atoms. The zero-order valence-electron chi connectivity index (χ0n) is 10.7. The molecule has 1 aromatic rings. The highest BCUT2D eigenvalue weighted by Crippen LogP contribution is 2.18. The molecule has 1 aromatic carbocycles. The van der Waals surface area contributed by atoms with E-state index in [9.17, 15) is 9.90 Å². The van der Waals surface area contributed by atoms with Gasteiger partial charge in [-0.15, -0.1) is 0 Å². The smallest absolute Gasteiger partial charge is 0.240 e. The fraction of sp³-hybridized carbons (Fsp3) is 0.500. The van der Waals surface area contributed by atoms with Gasteiger partial charge in [-0.3, -0.25) is 4.79 Å². The molecule has 1 saturated heterocycles. The molecule has 0 radical (unpaired) electrons. The van der Waals surface area contributed by atoms with Crippen molar-refractivity contribution in [3.63, 3.8) is 0 Å². The minimum Gasteiger partial charge on any atom is -0.508 e. The van der Waals surface area contributed by atoms with Crippen molar-refractivity contribution in [2.24, 2.45) is 5.73 Å². The SMILES string of the molecule is CC1CCCN1C(=O)C(N)Cc1ccc(O)cc1. The van der Waals surface area contributed by atoms with Crippen molar-refractivity contribution >= 4 is 5.91 Å². The second-order valence-electron chi connectivity index (χ2n) is 5.00. The summed E-state index contributed by atoms with van der Waals surface area (Å²) < 4.78 is 0. The van der Waals surface area contributed by atoms with Crippen molar-refractivity contribution in [3.05, 3.63) is 29.8 Å². The molecule has 3 N–H and O–H groups in total. The average Bonchev–Trinajstić information content (AvgIpc) is 2.77. The molecule has 0 saturated carbocycles. The minimum atomic E-state index is -0.491. The first-order chi connectivity index (χ1) is 8.58. The number of phenolic OH excluding ortho intramolecular Hbond substituents is 1. The molecule has 4 nitrogen and oxygen atoms in total. The molecular formula is C14H20N2O2. The highest BCUT2D eigenvalue weighted by molar-refractivity contribution is 5.82. The molecule has 1 amide bonds. The van der Waals surface area contributed by atoms with Gasteiger partial charge in [0.25, 0.3) is 0 Å². The van der Waals surface area contributed by atoms with Gasteiger partial charge >= 0.3 is 0 Å². The Balaban J connectivity index is 1.97. The standard InChI is InChI=1S/C14H20N2O2/c1-10-3-2-8-16(10)14(18)13(15)9-11-4-6-12(17)7-5-11/h4-7,10,13,17H,2-3,8-9,15H2,1H3. The van der Waals surface area contributed by atoms with Crippen LogP contribution in [0.25, 0.3) is 0 Å². The van der Waals surface area contributed by atoms with E-state index in [2.05, 4.69) is 6.92 Å². The van der Waals surface area contributed by atoms with Crippen molar-refractivity contribution in [1.82, 2.24) is 4.90 Å². The van der Waals surface area contributed by atoms with E-state index in [0.29, 0.717) is 12.5 Å². The highest BCUT2D eigenvalue weighted by Gasteiger charge is 2.28. The quantitative estimate of drug-likeness (QED) is 0.846. The average molecular weight is 248 g/mol. The lowest BCUT2D eigenvalue weighted by atomic mass is 10.1. The molecule has 2 unspecified atom stereocenters. The van der Waals surface area contributed by atoms with Gasteiger partial charge in [-0.05, 0) is 43.9 Å². The van der Waals surface area contributed by atoms with E-state index >= 15 is 0 Å². The molecule has 1 fully saturated rings. The second kappa shape index (κ2) is 5.40. The highest BCUT2D eigenvalue weighted by atomic mass is 16.3. The molecule has 4 heteroatoms. The van der Waals surface area contributed by atoms with Gasteiger partial charge in [0.1, 0.15) is 5.75 Å². The zero-order valence-corrected chi connectivity index (χ0v) is 10.7. The van der Waals surface area contributed by atoms with Crippen LogP contribution in [-0.2, 0) is 11.2 Å². The first-order valence-electron chi connectivity index (χ1n) is 6.42. The Labute approximate surface area is 107 Å². The first-order valence-corrected chi connectivity index (χ1v) is 6.42. The summed E-state index contributed by atoms with van der Waals surface area (Å²) in [7, 11) is 0. The molecule has 0 spiro atoms. The summed E-state index contributed by atoms with van der Waals surface area (Å²) in [6.07, 6.45) is 2.65. The molecular weight excluding hydrogens is 228 g/mol. The van der Waals surface area contributed by atoms with Gasteiger partial charge in [0.05, 0.1) is 6.04 Å². The van der Waals surface area contributed by atoms with E-state index in [4.69, 9.17) is 5.73 Å². The van der Waals surface area contributed by atoms with E-state index in [1.165, 1.54) is 0 Å². The monoisotopic (exact) mass is 248 g/mol. The van der Waals surface area contributed by atoms with Crippen LogP contribution in [0, 0.1) is 0 Å². The number of carbonyl (C=O) groups excluding carboxylic acids is 1. The summed E-state index contributed by atoms with van der Waals surface area (Å²) in [5.41, 5.74) is 6.95. The van der Waals surface area contributed by atoms with Crippen LogP contribution < -0.4 is 5.73 Å². The summed E-state index contributed by atoms with van der Waals surface area (Å²) in [4.78, 5) is 14.1. The number of rotatable bonds is 3. The van der Waals surface area contributed by atoms with Crippen LogP contribution in [0.4, 0.5) is 0 Å². The van der Waals surface area contributed by atoms with Crippen LogP contribution in [0.5, 0.6) is 5.75 Å². The maximum Gasteiger partial charge on any atom is 0.240 e. The van der Waals surface area contributed by atoms with Crippen LogP contribution in [0.2, 0.25) is 0 Å². The Kier molecular flexibility index (Phi) is 3.87. The van der Waals surface area contributed by atoms with Crippen molar-refractivity contribution in [3.8, 4) is 5.75 Å². The predicted octanol–water partition coefficient (Wildman–Crippen LogP) is 1.27. The van der Waals surface area contributed by atoms with E-state index < -0.39 is 6.04 Å². The third kappa shape index (κ3) is 2.82. The zero-order chi connectivity index (χ0) is 13.1. The lowest BCUT2D eigenvalue weighted by Gasteiger charge is -2.25. The molecule has 0 aliphatic carbocycles. The number of hydrogen-bond acceptors (Lipinski definition) is 3. The van der Waals surface area contributed by atoms with Crippen molar-refractivity contribution in [2.45, 2.75) is 38.3 Å². The van der Waals surface area contributed by atoms with Gasteiger partial charge in [0.2, 0.25) is 5.91 Å². The predicted molar refractivity (Wildman–Crippen MR) is 70.2 cm³/mol. The summed E-state index contributed by atoms with van der Waals surface area (Å²) in [5, 5.41) is 9.20. The molecule has 18 heavy (non-hydrogen) atoms. The van der Waals surface area contributed by atoms with Crippen molar-refractivity contribution in [2.75, 3.05) is 6.54 Å². The lowest BCUT2D eigenvalue weighted by Crippen LogP contribution is -2.46. The second-order valence-corrected chi connectivity index (χ2v) is 5.00. The molecule has 2 rings (SSSR count). The van der Waals surface area contributed by atoms with Gasteiger partial charge in [-0.2, -0.15) is 0 Å². The topological polar surface area (TPSA) is 66.6 Å². The van der Waals surface area contributed by atoms with Gasteiger partial charge < -0.3 is 15.7 Å². The van der Waals surface area contributed by atoms with E-state index in [1.807, 2.05) is 4.90 Å². The van der Waals surface area contributed by atoms with Gasteiger partial charge in [-0.25, -0.2) is 0 Å². The molecule has 1 heterocycles. The Morgan fingerprint density at radius 2 is 2.17 bits per heavy atom. The number of hydrogen-bond donors (Lipinski definition) is 2. The van der Waals surface area contributed by atoms with Gasteiger partial charge in [0.15, 0.2) is 0 Å². The summed E-state index contributed by atoms with van der Waals surface area (Å²) in [5.74, 6) is 0.264. The van der Waals surface area contributed by atoms with Crippen molar-refractivity contribution in [1.29, 1.82) is 0 Å². The molecule has 1 aliphatic heterocycles. The lowest BCUT2D eigenvalue weighted by molar-refractivity contribution is -0.133. The van der Waals surface area contributed by atoms with E-state index in [0.717, 1.165) is 24.9 Å². The normalized spacial score (nSPS) is 21.0. The van der Waals surface area contributed by atoms with E-state index in [1.54, 1.807) is 24.3 Å². The third-order valence-electron chi connectivity index (χ3n) is 3.55. The van der Waals surface area contributed by atoms with Gasteiger partial charge in [-0.1, -0.05) is 12.1 Å². The Hall–Kier alpha value is -1.55. The van der Waals surface area contributed by atoms with Crippen molar-refractivity contribution < 1.29 is 9.90 Å². The Bertz CT molecular complexity index is 416. The van der Waals surface area contributed by atoms with Crippen LogP contribution in [-0.4, -0.2) is 34.5 Å². The number of nitrogens with two attached hydrogens (primary N) is 1. The number of carbonyl (C=O) groups is 1. The number of benzene rings is 1. The van der Waals surface area contributed by atoms with E-state index in [-0.39, 0.29) is 11.7 Å². The number of nitrogens with zero attached hydrogens (tertiary/aromatic N) is 1.